The molecular formula is C19H26N2O5S. The summed E-state index contributed by atoms with van der Waals surface area (Å²) in [6.45, 7) is 2.20. The molecule has 27 heavy (non-hydrogen) atoms. The molecule has 0 unspecified atom stereocenters. The van der Waals surface area contributed by atoms with Gasteiger partial charge in [0.05, 0.1) is 10.5 Å². The van der Waals surface area contributed by atoms with Crippen molar-refractivity contribution in [3.63, 3.8) is 0 Å². The van der Waals surface area contributed by atoms with Gasteiger partial charge in [0.2, 0.25) is 10.0 Å². The molecule has 2 fully saturated rings. The molecule has 0 spiro atoms. The third-order valence-electron chi connectivity index (χ3n) is 5.08. The smallest absolute Gasteiger partial charge is 0.338 e. The van der Waals surface area contributed by atoms with Crippen LogP contribution >= 0.6 is 0 Å². The molecule has 0 aliphatic carbocycles. The number of sulfonamides is 1. The van der Waals surface area contributed by atoms with Crippen molar-refractivity contribution in [1.29, 1.82) is 0 Å². The molecule has 3 rings (SSSR count). The van der Waals surface area contributed by atoms with Crippen molar-refractivity contribution in [2.75, 3.05) is 32.8 Å². The van der Waals surface area contributed by atoms with Gasteiger partial charge >= 0.3 is 5.97 Å². The van der Waals surface area contributed by atoms with Crippen molar-refractivity contribution in [3.05, 3.63) is 29.8 Å². The lowest BCUT2D eigenvalue weighted by molar-refractivity contribution is -0.134. The molecule has 7 nitrogen and oxygen atoms in total. The van der Waals surface area contributed by atoms with E-state index in [4.69, 9.17) is 4.74 Å². The van der Waals surface area contributed by atoms with Crippen LogP contribution in [0.5, 0.6) is 0 Å². The van der Waals surface area contributed by atoms with Gasteiger partial charge in [-0.1, -0.05) is 12.8 Å². The number of carbonyl (C=O) groups excluding carboxylic acids is 2. The van der Waals surface area contributed by atoms with Crippen molar-refractivity contribution in [2.24, 2.45) is 0 Å². The molecule has 1 aromatic rings. The van der Waals surface area contributed by atoms with Crippen molar-refractivity contribution >= 4 is 21.9 Å². The maximum absolute atomic E-state index is 12.5. The minimum atomic E-state index is -3.50. The first-order chi connectivity index (χ1) is 13.0. The van der Waals surface area contributed by atoms with Gasteiger partial charge in [-0.25, -0.2) is 13.2 Å². The highest BCUT2D eigenvalue weighted by molar-refractivity contribution is 7.89. The fourth-order valence-electron chi connectivity index (χ4n) is 3.46. The fourth-order valence-corrected chi connectivity index (χ4v) is 4.98. The van der Waals surface area contributed by atoms with Gasteiger partial charge in [-0.05, 0) is 49.9 Å². The molecule has 1 amide bonds. The average Bonchev–Trinajstić information content (AvgIpc) is 3.10. The zero-order valence-electron chi connectivity index (χ0n) is 15.4. The van der Waals surface area contributed by atoms with Gasteiger partial charge < -0.3 is 9.64 Å². The summed E-state index contributed by atoms with van der Waals surface area (Å²) < 4.78 is 31.6. The number of ether oxygens (including phenoxy) is 1. The zero-order valence-corrected chi connectivity index (χ0v) is 16.2. The third-order valence-corrected chi connectivity index (χ3v) is 6.99. The Labute approximate surface area is 160 Å². The van der Waals surface area contributed by atoms with E-state index in [1.807, 2.05) is 0 Å². The van der Waals surface area contributed by atoms with Gasteiger partial charge in [0.1, 0.15) is 0 Å². The van der Waals surface area contributed by atoms with E-state index in [2.05, 4.69) is 0 Å². The maximum atomic E-state index is 12.5. The molecule has 0 aromatic heterocycles. The molecule has 1 aromatic carbocycles. The molecular weight excluding hydrogens is 368 g/mol. The van der Waals surface area contributed by atoms with Gasteiger partial charge in [-0.15, -0.1) is 0 Å². The van der Waals surface area contributed by atoms with Crippen LogP contribution in [0.3, 0.4) is 0 Å². The molecule has 0 N–H and O–H groups in total. The van der Waals surface area contributed by atoms with Crippen LogP contribution in [0, 0.1) is 0 Å². The number of carbonyl (C=O) groups is 2. The van der Waals surface area contributed by atoms with Crippen LogP contribution in [0.1, 0.15) is 48.9 Å². The van der Waals surface area contributed by atoms with E-state index in [1.54, 1.807) is 4.90 Å². The van der Waals surface area contributed by atoms with Crippen LogP contribution in [0.2, 0.25) is 0 Å². The molecule has 148 valence electrons. The first-order valence-corrected chi connectivity index (χ1v) is 11.0. The van der Waals surface area contributed by atoms with Crippen LogP contribution in [-0.4, -0.2) is 62.3 Å². The number of rotatable bonds is 5. The Morgan fingerprint density at radius 2 is 1.41 bits per heavy atom. The fraction of sp³-hybridized carbons (Fsp3) is 0.579. The van der Waals surface area contributed by atoms with Gasteiger partial charge in [-0.3, -0.25) is 4.79 Å². The second-order valence-corrected chi connectivity index (χ2v) is 8.94. The molecule has 2 aliphatic heterocycles. The Morgan fingerprint density at radius 1 is 0.852 bits per heavy atom. The lowest BCUT2D eigenvalue weighted by Crippen LogP contribution is -2.35. The summed E-state index contributed by atoms with van der Waals surface area (Å²) in [7, 11) is -3.50. The third kappa shape index (κ3) is 4.87. The Bertz CT molecular complexity index is 762. The second-order valence-electron chi connectivity index (χ2n) is 7.01. The zero-order chi connectivity index (χ0) is 19.3. The highest BCUT2D eigenvalue weighted by Crippen LogP contribution is 2.21. The van der Waals surface area contributed by atoms with E-state index in [0.29, 0.717) is 26.2 Å². The lowest BCUT2D eigenvalue weighted by Gasteiger charge is -2.20. The Morgan fingerprint density at radius 3 is 2.00 bits per heavy atom. The number of hydrogen-bond acceptors (Lipinski definition) is 5. The molecule has 0 atom stereocenters. The summed E-state index contributed by atoms with van der Waals surface area (Å²) in [6.07, 6.45) is 5.94. The highest BCUT2D eigenvalue weighted by Gasteiger charge is 2.27. The Kier molecular flexibility index (Phi) is 6.49. The predicted molar refractivity (Wildman–Crippen MR) is 99.8 cm³/mol. The molecule has 8 heteroatoms. The predicted octanol–water partition coefficient (Wildman–Crippen LogP) is 2.03. The molecule has 2 saturated heterocycles. The average molecular weight is 394 g/mol. The van der Waals surface area contributed by atoms with E-state index < -0.39 is 16.0 Å². The van der Waals surface area contributed by atoms with Crippen LogP contribution < -0.4 is 0 Å². The number of hydrogen-bond donors (Lipinski definition) is 0. The topological polar surface area (TPSA) is 84.0 Å². The van der Waals surface area contributed by atoms with Gasteiger partial charge in [0.15, 0.2) is 6.61 Å². The van der Waals surface area contributed by atoms with Crippen LogP contribution in [0.25, 0.3) is 0 Å². The van der Waals surface area contributed by atoms with Crippen molar-refractivity contribution in [2.45, 2.75) is 43.4 Å². The molecule has 0 radical (unpaired) electrons. The number of nitrogens with zero attached hydrogens (tertiary/aromatic N) is 2. The summed E-state index contributed by atoms with van der Waals surface area (Å²) in [5.41, 5.74) is 0.235. The molecule has 2 heterocycles. The SMILES string of the molecule is O=C(OCC(=O)N1CCCCCC1)c1ccc(S(=O)(=O)N2CCCC2)cc1. The number of benzene rings is 1. The van der Waals surface area contributed by atoms with Crippen molar-refractivity contribution in [1.82, 2.24) is 9.21 Å². The summed E-state index contributed by atoms with van der Waals surface area (Å²) in [5, 5.41) is 0. The Balaban J connectivity index is 1.56. The van der Waals surface area contributed by atoms with Crippen molar-refractivity contribution < 1.29 is 22.7 Å². The number of esters is 1. The number of amides is 1. The van der Waals surface area contributed by atoms with E-state index >= 15 is 0 Å². The van der Waals surface area contributed by atoms with E-state index in [1.165, 1.54) is 28.6 Å². The first kappa shape index (κ1) is 19.8. The van der Waals surface area contributed by atoms with Crippen LogP contribution in [0.15, 0.2) is 29.2 Å². The molecule has 0 bridgehead atoms. The molecule has 0 saturated carbocycles. The highest BCUT2D eigenvalue weighted by atomic mass is 32.2. The van der Waals surface area contributed by atoms with Gasteiger partial charge in [0.25, 0.3) is 5.91 Å². The summed E-state index contributed by atoms with van der Waals surface area (Å²) >= 11 is 0. The second kappa shape index (κ2) is 8.84. The van der Waals surface area contributed by atoms with E-state index in [-0.39, 0.29) is 23.0 Å². The maximum Gasteiger partial charge on any atom is 0.338 e. The van der Waals surface area contributed by atoms with Gasteiger partial charge in [-0.2, -0.15) is 4.31 Å². The normalized spacial score (nSPS) is 18.9. The van der Waals surface area contributed by atoms with Crippen molar-refractivity contribution in [3.8, 4) is 0 Å². The van der Waals surface area contributed by atoms with E-state index in [9.17, 15) is 18.0 Å². The number of likely N-dealkylation sites (tertiary alicyclic amines) is 1. The minimum absolute atomic E-state index is 0.168. The largest absolute Gasteiger partial charge is 0.452 e. The quantitative estimate of drug-likeness (QED) is 0.714. The standard InChI is InChI=1S/C19H26N2O5S/c22-18(20-11-3-1-2-4-12-20)15-26-19(23)16-7-9-17(10-8-16)27(24,25)21-13-5-6-14-21/h7-10H,1-6,11-15H2. The Hall–Kier alpha value is -1.93. The minimum Gasteiger partial charge on any atom is -0.452 e. The van der Waals surface area contributed by atoms with Crippen LogP contribution in [0.4, 0.5) is 0 Å². The molecule has 2 aliphatic rings. The van der Waals surface area contributed by atoms with E-state index in [0.717, 1.165) is 38.5 Å². The summed E-state index contributed by atoms with van der Waals surface area (Å²) in [4.78, 5) is 26.3. The lowest BCUT2D eigenvalue weighted by atomic mass is 10.2. The summed E-state index contributed by atoms with van der Waals surface area (Å²) in [6, 6.07) is 5.70. The van der Waals surface area contributed by atoms with Gasteiger partial charge in [0, 0.05) is 26.2 Å². The first-order valence-electron chi connectivity index (χ1n) is 9.53. The van der Waals surface area contributed by atoms with Crippen LogP contribution in [-0.2, 0) is 19.6 Å². The monoisotopic (exact) mass is 394 g/mol. The summed E-state index contributed by atoms with van der Waals surface area (Å²) in [5.74, 6) is -0.804.